The molecule has 0 aliphatic carbocycles. The molecule has 1 N–H and O–H groups in total. The van der Waals surface area contributed by atoms with Gasteiger partial charge in [-0.25, -0.2) is 0 Å². The molecule has 0 radical (unpaired) electrons. The van der Waals surface area contributed by atoms with Crippen LogP contribution in [0.15, 0.2) is 36.7 Å². The van der Waals surface area contributed by atoms with Crippen LogP contribution in [-0.2, 0) is 6.54 Å². The summed E-state index contributed by atoms with van der Waals surface area (Å²) in [6, 6.07) is 8.61. The van der Waals surface area contributed by atoms with E-state index in [1.54, 1.807) is 0 Å². The predicted molar refractivity (Wildman–Crippen MR) is 73.4 cm³/mol. The van der Waals surface area contributed by atoms with Gasteiger partial charge >= 0.3 is 0 Å². The lowest BCUT2D eigenvalue weighted by molar-refractivity contribution is 0.449. The lowest BCUT2D eigenvalue weighted by Gasteiger charge is -2.07. The summed E-state index contributed by atoms with van der Waals surface area (Å²) in [4.78, 5) is 0. The second-order valence-corrected chi connectivity index (χ2v) is 5.18. The Morgan fingerprint density at radius 2 is 2.11 bits per heavy atom. The van der Waals surface area contributed by atoms with E-state index in [1.165, 1.54) is 23.1 Å². The Morgan fingerprint density at radius 1 is 1.28 bits per heavy atom. The Kier molecular flexibility index (Phi) is 3.15. The van der Waals surface area contributed by atoms with Gasteiger partial charge in [-0.05, 0) is 37.9 Å². The number of nitrogens with zero attached hydrogens (tertiary/aromatic N) is 2. The zero-order valence-electron chi connectivity index (χ0n) is 10.8. The number of hydrogen-bond acceptors (Lipinski definition) is 2. The Morgan fingerprint density at radius 3 is 2.83 bits per heavy atom. The summed E-state index contributed by atoms with van der Waals surface area (Å²) in [7, 11) is 0. The first-order chi connectivity index (χ1) is 8.81. The topological polar surface area (TPSA) is 29.9 Å². The fourth-order valence-electron chi connectivity index (χ4n) is 2.49. The van der Waals surface area contributed by atoms with E-state index in [4.69, 9.17) is 0 Å². The van der Waals surface area contributed by atoms with Gasteiger partial charge in [0.05, 0.1) is 6.20 Å². The molecule has 94 valence electrons. The van der Waals surface area contributed by atoms with E-state index in [1.807, 2.05) is 6.20 Å². The van der Waals surface area contributed by atoms with E-state index in [0.29, 0.717) is 0 Å². The molecule has 1 saturated heterocycles. The molecule has 3 rings (SSSR count). The number of rotatable bonds is 3. The standard InChI is InChI=1S/C15H19N3/c1-12-2-4-14(5-3-12)15-9-17-18(11-15)10-13-6-7-16-8-13/h2-5,9,11,13,16H,6-8,10H2,1H3. The van der Waals surface area contributed by atoms with E-state index < -0.39 is 0 Å². The van der Waals surface area contributed by atoms with Gasteiger partial charge in [0, 0.05) is 18.3 Å². The van der Waals surface area contributed by atoms with Gasteiger partial charge in [0.2, 0.25) is 0 Å². The minimum atomic E-state index is 0.732. The molecule has 2 heterocycles. The van der Waals surface area contributed by atoms with Crippen molar-refractivity contribution in [2.24, 2.45) is 5.92 Å². The molecule has 2 aromatic rings. The normalized spacial score (nSPS) is 19.3. The average molecular weight is 241 g/mol. The fourth-order valence-corrected chi connectivity index (χ4v) is 2.49. The Bertz CT molecular complexity index is 507. The summed E-state index contributed by atoms with van der Waals surface area (Å²) in [5, 5.41) is 7.86. The molecular formula is C15H19N3. The van der Waals surface area contributed by atoms with Crippen molar-refractivity contribution >= 4 is 0 Å². The third-order valence-electron chi connectivity index (χ3n) is 3.63. The first kappa shape index (κ1) is 11.5. The number of aryl methyl sites for hydroxylation is 1. The molecule has 18 heavy (non-hydrogen) atoms. The van der Waals surface area contributed by atoms with Crippen molar-refractivity contribution in [3.8, 4) is 11.1 Å². The maximum Gasteiger partial charge on any atom is 0.0568 e. The van der Waals surface area contributed by atoms with Gasteiger partial charge in [-0.1, -0.05) is 29.8 Å². The lowest BCUT2D eigenvalue weighted by Crippen LogP contribution is -2.14. The van der Waals surface area contributed by atoms with E-state index >= 15 is 0 Å². The number of hydrogen-bond donors (Lipinski definition) is 1. The number of benzene rings is 1. The Hall–Kier alpha value is -1.61. The summed E-state index contributed by atoms with van der Waals surface area (Å²) in [5.41, 5.74) is 3.75. The smallest absolute Gasteiger partial charge is 0.0568 e. The van der Waals surface area contributed by atoms with Crippen molar-refractivity contribution < 1.29 is 0 Å². The summed E-state index contributed by atoms with van der Waals surface area (Å²) in [6.07, 6.45) is 5.38. The Balaban J connectivity index is 1.74. The van der Waals surface area contributed by atoms with E-state index in [9.17, 15) is 0 Å². The van der Waals surface area contributed by atoms with Crippen LogP contribution in [0.1, 0.15) is 12.0 Å². The minimum absolute atomic E-state index is 0.732. The predicted octanol–water partition coefficient (Wildman–Crippen LogP) is 2.47. The molecule has 1 unspecified atom stereocenters. The zero-order chi connectivity index (χ0) is 12.4. The molecule has 1 aliphatic rings. The van der Waals surface area contributed by atoms with Crippen LogP contribution in [-0.4, -0.2) is 22.9 Å². The largest absolute Gasteiger partial charge is 0.316 e. The van der Waals surface area contributed by atoms with Crippen molar-refractivity contribution in [3.05, 3.63) is 42.2 Å². The second-order valence-electron chi connectivity index (χ2n) is 5.18. The molecule has 3 nitrogen and oxygen atoms in total. The van der Waals surface area contributed by atoms with Crippen molar-refractivity contribution in [1.29, 1.82) is 0 Å². The molecular weight excluding hydrogens is 222 g/mol. The minimum Gasteiger partial charge on any atom is -0.316 e. The number of nitrogens with one attached hydrogen (secondary N) is 1. The van der Waals surface area contributed by atoms with Crippen molar-refractivity contribution in [2.75, 3.05) is 13.1 Å². The first-order valence-electron chi connectivity index (χ1n) is 6.61. The van der Waals surface area contributed by atoms with Crippen molar-refractivity contribution in [2.45, 2.75) is 19.9 Å². The second kappa shape index (κ2) is 4.94. The van der Waals surface area contributed by atoms with Gasteiger partial charge in [-0.2, -0.15) is 5.10 Å². The lowest BCUT2D eigenvalue weighted by atomic mass is 10.1. The molecule has 1 fully saturated rings. The summed E-state index contributed by atoms with van der Waals surface area (Å²) >= 11 is 0. The van der Waals surface area contributed by atoms with Gasteiger partial charge in [-0.3, -0.25) is 4.68 Å². The third-order valence-corrected chi connectivity index (χ3v) is 3.63. The van der Waals surface area contributed by atoms with Crippen LogP contribution in [0.25, 0.3) is 11.1 Å². The molecule has 0 saturated carbocycles. The third kappa shape index (κ3) is 2.46. The van der Waals surface area contributed by atoms with E-state index in [0.717, 1.165) is 25.6 Å². The average Bonchev–Trinajstić information content (AvgIpc) is 3.02. The Labute approximate surface area is 108 Å². The van der Waals surface area contributed by atoms with E-state index in [-0.39, 0.29) is 0 Å². The van der Waals surface area contributed by atoms with Crippen LogP contribution in [0, 0.1) is 12.8 Å². The molecule has 1 aromatic heterocycles. The molecule has 1 aliphatic heterocycles. The summed E-state index contributed by atoms with van der Waals surface area (Å²) < 4.78 is 2.08. The molecule has 1 aromatic carbocycles. The quantitative estimate of drug-likeness (QED) is 0.894. The highest BCUT2D eigenvalue weighted by Crippen LogP contribution is 2.20. The maximum absolute atomic E-state index is 4.47. The first-order valence-corrected chi connectivity index (χ1v) is 6.61. The monoisotopic (exact) mass is 241 g/mol. The highest BCUT2D eigenvalue weighted by molar-refractivity contribution is 5.61. The van der Waals surface area contributed by atoms with Crippen LogP contribution in [0.4, 0.5) is 0 Å². The number of aromatic nitrogens is 2. The summed E-state index contributed by atoms with van der Waals surface area (Å²) in [5.74, 6) is 0.732. The van der Waals surface area contributed by atoms with Gasteiger partial charge in [0.1, 0.15) is 0 Å². The molecule has 0 spiro atoms. The zero-order valence-corrected chi connectivity index (χ0v) is 10.8. The van der Waals surface area contributed by atoms with Crippen molar-refractivity contribution in [1.82, 2.24) is 15.1 Å². The highest BCUT2D eigenvalue weighted by atomic mass is 15.3. The van der Waals surface area contributed by atoms with Gasteiger partial charge in [-0.15, -0.1) is 0 Å². The molecule has 0 amide bonds. The van der Waals surface area contributed by atoms with Crippen LogP contribution >= 0.6 is 0 Å². The van der Waals surface area contributed by atoms with Crippen LogP contribution < -0.4 is 5.32 Å². The van der Waals surface area contributed by atoms with Gasteiger partial charge in [0.25, 0.3) is 0 Å². The molecule has 1 atom stereocenters. The van der Waals surface area contributed by atoms with Gasteiger partial charge < -0.3 is 5.32 Å². The summed E-state index contributed by atoms with van der Waals surface area (Å²) in [6.45, 7) is 5.41. The fraction of sp³-hybridized carbons (Fsp3) is 0.400. The molecule has 0 bridgehead atoms. The maximum atomic E-state index is 4.47. The van der Waals surface area contributed by atoms with E-state index in [2.05, 4.69) is 52.5 Å². The van der Waals surface area contributed by atoms with Gasteiger partial charge in [0.15, 0.2) is 0 Å². The SMILES string of the molecule is Cc1ccc(-c2cnn(CC3CCNC3)c2)cc1. The highest BCUT2D eigenvalue weighted by Gasteiger charge is 2.15. The van der Waals surface area contributed by atoms with Crippen molar-refractivity contribution in [3.63, 3.8) is 0 Å². The van der Waals surface area contributed by atoms with Crippen LogP contribution in [0.5, 0.6) is 0 Å². The van der Waals surface area contributed by atoms with Crippen LogP contribution in [0.2, 0.25) is 0 Å². The molecule has 3 heteroatoms. The van der Waals surface area contributed by atoms with Crippen LogP contribution in [0.3, 0.4) is 0 Å².